The molecule has 8 heteroatoms. The van der Waals surface area contributed by atoms with Gasteiger partial charge in [0, 0.05) is 37.6 Å². The molecule has 1 aromatic heterocycles. The molecule has 29 heavy (non-hydrogen) atoms. The van der Waals surface area contributed by atoms with Crippen LogP contribution in [-0.2, 0) is 9.53 Å². The van der Waals surface area contributed by atoms with Crippen LogP contribution in [0.2, 0.25) is 0 Å². The Hall–Kier alpha value is -3.13. The number of carbonyl (C=O) groups excluding carboxylic acids is 2. The van der Waals surface area contributed by atoms with E-state index in [2.05, 4.69) is 10.3 Å². The second-order valence-electron chi connectivity index (χ2n) is 7.02. The number of aromatic nitrogens is 1. The molecule has 152 valence electrons. The minimum Gasteiger partial charge on any atom is -0.439 e. The number of benzene rings is 1. The summed E-state index contributed by atoms with van der Waals surface area (Å²) in [6, 6.07) is 12.0. The highest BCUT2D eigenvalue weighted by Gasteiger charge is 2.37. The molecule has 3 amide bonds. The van der Waals surface area contributed by atoms with E-state index in [-0.39, 0.29) is 11.9 Å². The minimum absolute atomic E-state index is 0.00350. The Labute approximate surface area is 169 Å². The highest BCUT2D eigenvalue weighted by Crippen LogP contribution is 2.24. The summed E-state index contributed by atoms with van der Waals surface area (Å²) in [4.78, 5) is 33.3. The van der Waals surface area contributed by atoms with Crippen molar-refractivity contribution in [1.29, 1.82) is 0 Å². The predicted octanol–water partition coefficient (Wildman–Crippen LogP) is 2.73. The molecule has 2 fully saturated rings. The number of amides is 3. The summed E-state index contributed by atoms with van der Waals surface area (Å²) in [7, 11) is 0. The fraction of sp³-hybridized carbons (Fsp3) is 0.381. The number of nitrogens with one attached hydrogen (secondary N) is 1. The highest BCUT2D eigenvalue weighted by atomic mass is 16.5. The highest BCUT2D eigenvalue weighted by molar-refractivity contribution is 5.94. The number of carbonyl (C=O) groups is 2. The summed E-state index contributed by atoms with van der Waals surface area (Å²) in [6.45, 7) is 2.81. The fourth-order valence-electron chi connectivity index (χ4n) is 3.61. The predicted molar refractivity (Wildman–Crippen MR) is 107 cm³/mol. The van der Waals surface area contributed by atoms with Crippen LogP contribution in [0.3, 0.4) is 0 Å². The van der Waals surface area contributed by atoms with Gasteiger partial charge in [0.25, 0.3) is 0 Å². The number of rotatable bonds is 4. The van der Waals surface area contributed by atoms with E-state index in [9.17, 15) is 9.59 Å². The Bertz CT molecular complexity index is 855. The van der Waals surface area contributed by atoms with Crippen molar-refractivity contribution in [2.75, 3.05) is 38.2 Å². The third kappa shape index (κ3) is 4.65. The van der Waals surface area contributed by atoms with Crippen LogP contribution in [0.5, 0.6) is 11.6 Å². The quantitative estimate of drug-likeness (QED) is 0.859. The molecule has 2 aliphatic heterocycles. The van der Waals surface area contributed by atoms with Crippen LogP contribution in [-0.4, -0.2) is 65.6 Å². The van der Waals surface area contributed by atoms with Gasteiger partial charge in [-0.1, -0.05) is 18.2 Å². The van der Waals surface area contributed by atoms with Crippen LogP contribution >= 0.6 is 0 Å². The molecule has 0 radical (unpaired) electrons. The molecule has 8 nitrogen and oxygen atoms in total. The molecule has 0 saturated carbocycles. The summed E-state index contributed by atoms with van der Waals surface area (Å²) in [5, 5.41) is 2.87. The maximum absolute atomic E-state index is 12.8. The number of ether oxygens (including phenoxy) is 2. The van der Waals surface area contributed by atoms with Gasteiger partial charge in [0.2, 0.25) is 11.8 Å². The van der Waals surface area contributed by atoms with Crippen molar-refractivity contribution in [2.45, 2.75) is 18.9 Å². The van der Waals surface area contributed by atoms with Crippen LogP contribution in [0.4, 0.5) is 10.5 Å². The molecule has 1 N–H and O–H groups in total. The van der Waals surface area contributed by atoms with Crippen LogP contribution in [0.15, 0.2) is 48.7 Å². The number of likely N-dealkylation sites (tertiary alicyclic amines) is 1. The van der Waals surface area contributed by atoms with Crippen molar-refractivity contribution in [1.82, 2.24) is 14.8 Å². The van der Waals surface area contributed by atoms with E-state index in [1.54, 1.807) is 28.1 Å². The smallest absolute Gasteiger partial charge is 0.322 e. The van der Waals surface area contributed by atoms with E-state index in [0.29, 0.717) is 56.6 Å². The van der Waals surface area contributed by atoms with Gasteiger partial charge in [-0.05, 0) is 31.0 Å². The summed E-state index contributed by atoms with van der Waals surface area (Å²) in [6.07, 6.45) is 3.07. The van der Waals surface area contributed by atoms with Gasteiger partial charge < -0.3 is 24.6 Å². The van der Waals surface area contributed by atoms with E-state index in [1.165, 1.54) is 0 Å². The molecule has 3 heterocycles. The lowest BCUT2D eigenvalue weighted by atomic mass is 10.2. The van der Waals surface area contributed by atoms with Crippen molar-refractivity contribution >= 4 is 17.6 Å². The first kappa shape index (κ1) is 19.2. The second-order valence-corrected chi connectivity index (χ2v) is 7.02. The molecule has 2 aliphatic rings. The molecule has 0 spiro atoms. The largest absolute Gasteiger partial charge is 0.439 e. The minimum atomic E-state index is -0.421. The molecule has 2 aromatic rings. The fourth-order valence-corrected chi connectivity index (χ4v) is 3.61. The molecule has 0 unspecified atom stereocenters. The molecule has 0 aliphatic carbocycles. The van der Waals surface area contributed by atoms with E-state index >= 15 is 0 Å². The topological polar surface area (TPSA) is 84.0 Å². The molecule has 2 saturated heterocycles. The second kappa shape index (κ2) is 8.91. The average Bonchev–Trinajstić information content (AvgIpc) is 3.25. The standard InChI is InChI=1S/C21H24N4O4/c26-20(24-11-13-28-14-12-24)18-7-4-10-25(18)21(27)23-16-8-9-22-19(15-16)29-17-5-2-1-3-6-17/h1-3,5-6,8-9,15,18H,4,7,10-14H2,(H,22,23,27)/t18-/m1/s1. The summed E-state index contributed by atoms with van der Waals surface area (Å²) >= 11 is 0. The first-order valence-electron chi connectivity index (χ1n) is 9.84. The maximum Gasteiger partial charge on any atom is 0.322 e. The summed E-state index contributed by atoms with van der Waals surface area (Å²) in [5.74, 6) is 1.05. The normalized spacial score (nSPS) is 19.1. The molecule has 1 aromatic carbocycles. The van der Waals surface area contributed by atoms with Crippen molar-refractivity contribution in [3.63, 3.8) is 0 Å². The average molecular weight is 396 g/mol. The summed E-state index contributed by atoms with van der Waals surface area (Å²) in [5.41, 5.74) is 0.570. The number of pyridine rings is 1. The van der Waals surface area contributed by atoms with Gasteiger partial charge in [-0.15, -0.1) is 0 Å². The van der Waals surface area contributed by atoms with Crippen LogP contribution in [0, 0.1) is 0 Å². The number of hydrogen-bond acceptors (Lipinski definition) is 5. The van der Waals surface area contributed by atoms with Gasteiger partial charge >= 0.3 is 6.03 Å². The van der Waals surface area contributed by atoms with Gasteiger partial charge in [-0.3, -0.25) is 4.79 Å². The molecular formula is C21H24N4O4. The number of urea groups is 1. The van der Waals surface area contributed by atoms with Crippen molar-refractivity contribution in [3.8, 4) is 11.6 Å². The Morgan fingerprint density at radius 3 is 2.69 bits per heavy atom. The Morgan fingerprint density at radius 2 is 1.90 bits per heavy atom. The number of anilines is 1. The lowest BCUT2D eigenvalue weighted by Crippen LogP contribution is -2.51. The Kier molecular flexibility index (Phi) is 5.90. The van der Waals surface area contributed by atoms with Crippen molar-refractivity contribution < 1.29 is 19.1 Å². The number of para-hydroxylation sites is 1. The molecule has 1 atom stereocenters. The third-order valence-corrected chi connectivity index (χ3v) is 5.07. The number of hydrogen-bond donors (Lipinski definition) is 1. The maximum atomic E-state index is 12.8. The van der Waals surface area contributed by atoms with Crippen LogP contribution in [0.25, 0.3) is 0 Å². The number of morpholine rings is 1. The molecular weight excluding hydrogens is 372 g/mol. The third-order valence-electron chi connectivity index (χ3n) is 5.07. The van der Waals surface area contributed by atoms with Crippen LogP contribution in [0.1, 0.15) is 12.8 Å². The molecule has 0 bridgehead atoms. The lowest BCUT2D eigenvalue weighted by molar-refractivity contribution is -0.139. The lowest BCUT2D eigenvalue weighted by Gasteiger charge is -2.32. The van der Waals surface area contributed by atoms with Crippen LogP contribution < -0.4 is 10.1 Å². The van der Waals surface area contributed by atoms with Gasteiger partial charge in [0.05, 0.1) is 13.2 Å². The van der Waals surface area contributed by atoms with E-state index in [1.807, 2.05) is 30.3 Å². The van der Waals surface area contributed by atoms with Gasteiger partial charge in [-0.2, -0.15) is 0 Å². The molecule has 4 rings (SSSR count). The van der Waals surface area contributed by atoms with Gasteiger partial charge in [0.15, 0.2) is 0 Å². The first-order valence-corrected chi connectivity index (χ1v) is 9.84. The zero-order valence-corrected chi connectivity index (χ0v) is 16.1. The van der Waals surface area contributed by atoms with E-state index in [0.717, 1.165) is 6.42 Å². The zero-order valence-electron chi connectivity index (χ0n) is 16.1. The van der Waals surface area contributed by atoms with Gasteiger partial charge in [-0.25, -0.2) is 9.78 Å². The van der Waals surface area contributed by atoms with Gasteiger partial charge in [0.1, 0.15) is 11.8 Å². The van der Waals surface area contributed by atoms with Crippen molar-refractivity contribution in [3.05, 3.63) is 48.7 Å². The van der Waals surface area contributed by atoms with Crippen molar-refractivity contribution in [2.24, 2.45) is 0 Å². The Morgan fingerprint density at radius 1 is 1.10 bits per heavy atom. The monoisotopic (exact) mass is 396 g/mol. The SMILES string of the molecule is O=C([C@H]1CCCN1C(=O)Nc1ccnc(Oc2ccccc2)c1)N1CCOCC1. The summed E-state index contributed by atoms with van der Waals surface area (Å²) < 4.78 is 11.0. The Balaban J connectivity index is 1.40. The zero-order chi connectivity index (χ0) is 20.1. The van der Waals surface area contributed by atoms with E-state index < -0.39 is 6.04 Å². The van der Waals surface area contributed by atoms with E-state index in [4.69, 9.17) is 9.47 Å². The first-order chi connectivity index (χ1) is 14.2. The number of nitrogens with zero attached hydrogens (tertiary/aromatic N) is 3.